The average Bonchev–Trinajstić information content (AvgIpc) is 2.98. The van der Waals surface area contributed by atoms with Crippen LogP contribution < -0.4 is 15.6 Å². The normalized spacial score (nSPS) is 10.6. The third-order valence-electron chi connectivity index (χ3n) is 6.19. The van der Waals surface area contributed by atoms with Crippen molar-refractivity contribution in [1.82, 2.24) is 0 Å². The van der Waals surface area contributed by atoms with Gasteiger partial charge in [-0.05, 0) is 35.4 Å². The van der Waals surface area contributed by atoms with Crippen LogP contribution in [0, 0.1) is 0 Å². The van der Waals surface area contributed by atoms with Gasteiger partial charge >= 0.3 is 5.97 Å². The summed E-state index contributed by atoms with van der Waals surface area (Å²) in [4.78, 5) is 36.2. The van der Waals surface area contributed by atoms with Crippen molar-refractivity contribution in [3.63, 3.8) is 0 Å². The van der Waals surface area contributed by atoms with Crippen LogP contribution in [0.25, 0.3) is 44.2 Å². The molecule has 0 bridgehead atoms. The molecular weight excluding hydrogens is 508 g/mol. The number of carbonyl (C=O) groups excluding carboxylic acids is 1. The van der Waals surface area contributed by atoms with Crippen LogP contribution in [0.1, 0.15) is 13.3 Å². The van der Waals surface area contributed by atoms with Crippen molar-refractivity contribution in [2.45, 2.75) is 13.3 Å². The monoisotopic (exact) mass is 532 g/mol. The summed E-state index contributed by atoms with van der Waals surface area (Å²) >= 11 is 0. The lowest BCUT2D eigenvalue weighted by Gasteiger charge is -2.05. The topological polar surface area (TPSA) is 107 Å². The first-order chi connectivity index (χ1) is 19.4. The van der Waals surface area contributed by atoms with Crippen LogP contribution in [0.15, 0.2) is 128 Å². The van der Waals surface area contributed by atoms with Crippen LogP contribution >= 0.6 is 0 Å². The van der Waals surface area contributed by atoms with Crippen molar-refractivity contribution >= 4 is 27.9 Å². The number of hydrogen-bond donors (Lipinski definition) is 1. The highest BCUT2D eigenvalue weighted by Crippen LogP contribution is 2.24. The van der Waals surface area contributed by atoms with Crippen molar-refractivity contribution in [2.24, 2.45) is 0 Å². The van der Waals surface area contributed by atoms with E-state index in [2.05, 4.69) is 0 Å². The van der Waals surface area contributed by atoms with E-state index >= 15 is 0 Å². The third-order valence-corrected chi connectivity index (χ3v) is 6.19. The second kappa shape index (κ2) is 11.5. The Morgan fingerprint density at radius 1 is 0.700 bits per heavy atom. The number of hydrogen-bond acceptors (Lipinski definition) is 7. The van der Waals surface area contributed by atoms with E-state index < -0.39 is 0 Å². The van der Waals surface area contributed by atoms with Crippen LogP contribution in [0.4, 0.5) is 0 Å². The largest absolute Gasteiger partial charge is 0.508 e. The van der Waals surface area contributed by atoms with E-state index in [-0.39, 0.29) is 29.0 Å². The number of benzene rings is 4. The van der Waals surface area contributed by atoms with Crippen molar-refractivity contribution in [3.05, 3.63) is 130 Å². The lowest BCUT2D eigenvalue weighted by molar-refractivity contribution is -0.134. The van der Waals surface area contributed by atoms with Gasteiger partial charge in [-0.15, -0.1) is 0 Å². The molecule has 1 N–H and O–H groups in total. The van der Waals surface area contributed by atoms with Gasteiger partial charge in [0.25, 0.3) is 0 Å². The van der Waals surface area contributed by atoms with Gasteiger partial charge in [0, 0.05) is 18.6 Å². The molecule has 0 spiro atoms. The Balaban J connectivity index is 0.000000164. The number of aromatic hydroxyl groups is 1. The maximum Gasteiger partial charge on any atom is 0.310 e. The molecule has 0 aliphatic carbocycles. The van der Waals surface area contributed by atoms with E-state index in [0.29, 0.717) is 38.8 Å². The highest BCUT2D eigenvalue weighted by Gasteiger charge is 2.11. The first-order valence-corrected chi connectivity index (χ1v) is 12.6. The Labute approximate surface area is 228 Å². The minimum Gasteiger partial charge on any atom is -0.508 e. The molecule has 0 aliphatic rings. The van der Waals surface area contributed by atoms with E-state index in [1.165, 1.54) is 24.7 Å². The number of phenolic OH excluding ortho intramolecular Hbond substituents is 1. The number of fused-ring (bicyclic) bond motifs is 2. The van der Waals surface area contributed by atoms with Gasteiger partial charge < -0.3 is 18.7 Å². The van der Waals surface area contributed by atoms with Crippen LogP contribution in [0.2, 0.25) is 0 Å². The summed E-state index contributed by atoms with van der Waals surface area (Å²) in [6.45, 7) is 1.72. The minimum atomic E-state index is -0.331. The molecule has 0 radical (unpaired) electrons. The summed E-state index contributed by atoms with van der Waals surface area (Å²) < 4.78 is 16.1. The van der Waals surface area contributed by atoms with Crippen LogP contribution in [0.5, 0.6) is 11.5 Å². The molecule has 0 saturated heterocycles. The standard InChI is InChI=1S/C18H14O4.C15H10O3/c1-2-17(19)22-13-8-9-14-16(10-13)21-11-15(18(14)20)12-6-4-3-5-7-12;16-11-6-7-12-14(8-11)18-9-13(15(12)17)10-4-2-1-3-5-10/h3-11H,2H2,1H3;1-9,16H. The van der Waals surface area contributed by atoms with Crippen molar-refractivity contribution < 1.29 is 23.5 Å². The van der Waals surface area contributed by atoms with Crippen molar-refractivity contribution in [3.8, 4) is 33.8 Å². The smallest absolute Gasteiger partial charge is 0.310 e. The molecule has 6 aromatic rings. The molecular formula is C33H24O7. The fraction of sp³-hybridized carbons (Fsp3) is 0.0606. The summed E-state index contributed by atoms with van der Waals surface area (Å²) in [5.41, 5.74) is 3.23. The number of esters is 1. The Hall–Kier alpha value is -5.43. The molecule has 0 unspecified atom stereocenters. The van der Waals surface area contributed by atoms with E-state index in [9.17, 15) is 19.5 Å². The first-order valence-electron chi connectivity index (χ1n) is 12.6. The molecule has 2 heterocycles. The summed E-state index contributed by atoms with van der Waals surface area (Å²) in [6, 6.07) is 28.0. The number of rotatable bonds is 4. The molecule has 40 heavy (non-hydrogen) atoms. The molecule has 6 rings (SSSR count). The lowest BCUT2D eigenvalue weighted by atomic mass is 10.1. The predicted octanol–water partition coefficient (Wildman–Crippen LogP) is 6.94. The maximum atomic E-state index is 12.6. The number of ether oxygens (including phenoxy) is 1. The molecule has 0 atom stereocenters. The van der Waals surface area contributed by atoms with Crippen LogP contribution in [-0.4, -0.2) is 11.1 Å². The molecule has 7 nitrogen and oxygen atoms in total. The van der Waals surface area contributed by atoms with E-state index in [0.717, 1.165) is 11.1 Å². The average molecular weight is 533 g/mol. The predicted molar refractivity (Wildman–Crippen MR) is 153 cm³/mol. The van der Waals surface area contributed by atoms with Crippen molar-refractivity contribution in [1.29, 1.82) is 0 Å². The van der Waals surface area contributed by atoms with Gasteiger partial charge in [-0.3, -0.25) is 14.4 Å². The fourth-order valence-electron chi connectivity index (χ4n) is 4.13. The van der Waals surface area contributed by atoms with E-state index in [1.54, 1.807) is 31.2 Å². The second-order valence-corrected chi connectivity index (χ2v) is 8.86. The summed E-state index contributed by atoms with van der Waals surface area (Å²) in [6.07, 6.45) is 3.15. The quantitative estimate of drug-likeness (QED) is 0.194. The molecule has 4 aromatic carbocycles. The zero-order chi connectivity index (χ0) is 28.1. The molecule has 7 heteroatoms. The first kappa shape index (κ1) is 26.2. The molecule has 198 valence electrons. The summed E-state index contributed by atoms with van der Waals surface area (Å²) in [5, 5.41) is 10.3. The van der Waals surface area contributed by atoms with E-state index in [4.69, 9.17) is 13.6 Å². The Kier molecular flexibility index (Phi) is 7.55. The Morgan fingerprint density at radius 2 is 1.20 bits per heavy atom. The maximum absolute atomic E-state index is 12.6. The van der Waals surface area contributed by atoms with Gasteiger partial charge in [-0.25, -0.2) is 0 Å². The Bertz CT molecular complexity index is 1920. The van der Waals surface area contributed by atoms with Gasteiger partial charge in [0.1, 0.15) is 35.2 Å². The fourth-order valence-corrected chi connectivity index (χ4v) is 4.13. The van der Waals surface area contributed by atoms with E-state index in [1.807, 2.05) is 60.7 Å². The summed E-state index contributed by atoms with van der Waals surface area (Å²) in [7, 11) is 0. The van der Waals surface area contributed by atoms with Gasteiger partial charge in [-0.1, -0.05) is 67.6 Å². The van der Waals surface area contributed by atoms with Gasteiger partial charge in [0.2, 0.25) is 0 Å². The zero-order valence-electron chi connectivity index (χ0n) is 21.5. The van der Waals surface area contributed by atoms with Gasteiger partial charge in [-0.2, -0.15) is 0 Å². The number of phenols is 1. The van der Waals surface area contributed by atoms with Crippen LogP contribution in [-0.2, 0) is 4.79 Å². The SMILES string of the molecule is CCC(=O)Oc1ccc2c(=O)c(-c3ccccc3)coc2c1.O=c1c(-c2ccccc2)coc2cc(O)ccc12. The molecule has 2 aromatic heterocycles. The second-order valence-electron chi connectivity index (χ2n) is 8.86. The Morgan fingerprint density at radius 3 is 1.73 bits per heavy atom. The molecule has 0 saturated carbocycles. The lowest BCUT2D eigenvalue weighted by Crippen LogP contribution is -2.07. The van der Waals surface area contributed by atoms with Gasteiger partial charge in [0.05, 0.1) is 21.9 Å². The van der Waals surface area contributed by atoms with Crippen molar-refractivity contribution in [2.75, 3.05) is 0 Å². The minimum absolute atomic E-state index is 0.0816. The third kappa shape index (κ3) is 5.54. The molecule has 0 amide bonds. The molecule has 0 fully saturated rings. The highest BCUT2D eigenvalue weighted by molar-refractivity contribution is 5.84. The van der Waals surface area contributed by atoms with Gasteiger partial charge in [0.15, 0.2) is 10.9 Å². The summed E-state index contributed by atoms with van der Waals surface area (Å²) in [5.74, 6) is 0.121. The zero-order valence-corrected chi connectivity index (χ0v) is 21.5. The molecule has 0 aliphatic heterocycles. The number of carbonyl (C=O) groups is 1. The van der Waals surface area contributed by atoms with Crippen LogP contribution in [0.3, 0.4) is 0 Å². The highest BCUT2D eigenvalue weighted by atomic mass is 16.5.